The molecule has 0 saturated carbocycles. The van der Waals surface area contributed by atoms with Gasteiger partial charge >= 0.3 is 0 Å². The first-order valence-corrected chi connectivity index (χ1v) is 12.2. The lowest BCUT2D eigenvalue weighted by atomic mass is 9.90. The Morgan fingerprint density at radius 1 is 0.789 bits per heavy atom. The summed E-state index contributed by atoms with van der Waals surface area (Å²) in [4.78, 5) is 31.2. The second-order valence-corrected chi connectivity index (χ2v) is 8.98. The molecule has 1 aromatic heterocycles. The van der Waals surface area contributed by atoms with Crippen LogP contribution in [0.1, 0.15) is 33.7 Å². The minimum Gasteiger partial charge on any atom is -0.508 e. The van der Waals surface area contributed by atoms with Gasteiger partial charge in [0.15, 0.2) is 0 Å². The smallest absolute Gasteiger partial charge is 0.243 e. The van der Waals surface area contributed by atoms with Crippen LogP contribution in [0, 0.1) is 0 Å². The van der Waals surface area contributed by atoms with Gasteiger partial charge in [-0.25, -0.2) is 4.98 Å². The third-order valence-corrected chi connectivity index (χ3v) is 6.21. The molecule has 3 aromatic carbocycles. The molecule has 194 valence electrons. The van der Waals surface area contributed by atoms with Gasteiger partial charge in [0.05, 0.1) is 12.5 Å². The number of nitrogens with zero attached hydrogens (tertiary/aromatic N) is 1. The Hall–Kier alpha value is -4.69. The third-order valence-electron chi connectivity index (χ3n) is 6.21. The minimum absolute atomic E-state index is 0.0556. The Balaban J connectivity index is 1.57. The van der Waals surface area contributed by atoms with Crippen LogP contribution in [0.5, 0.6) is 5.75 Å². The quantitative estimate of drug-likeness (QED) is 0.222. The maximum Gasteiger partial charge on any atom is 0.243 e. The largest absolute Gasteiger partial charge is 0.508 e. The minimum atomic E-state index is -0.882. The molecule has 0 aliphatic carbocycles. The summed E-state index contributed by atoms with van der Waals surface area (Å²) in [6.45, 7) is 0.205. The van der Waals surface area contributed by atoms with Crippen LogP contribution in [-0.4, -0.2) is 33.1 Å². The van der Waals surface area contributed by atoms with E-state index in [2.05, 4.69) is 15.6 Å². The molecule has 8 heteroatoms. The van der Waals surface area contributed by atoms with Crippen molar-refractivity contribution in [2.45, 2.75) is 31.5 Å². The second-order valence-electron chi connectivity index (χ2n) is 8.98. The van der Waals surface area contributed by atoms with Gasteiger partial charge in [0.2, 0.25) is 11.8 Å². The molecule has 0 saturated heterocycles. The monoisotopic (exact) mass is 510 g/mol. The van der Waals surface area contributed by atoms with Crippen LogP contribution in [0.15, 0.2) is 97.2 Å². The van der Waals surface area contributed by atoms with Crippen molar-refractivity contribution in [2.75, 3.05) is 5.73 Å². The van der Waals surface area contributed by atoms with E-state index in [-0.39, 0.29) is 37.1 Å². The van der Waals surface area contributed by atoms with Crippen molar-refractivity contribution in [1.82, 2.24) is 15.6 Å². The number of pyridine rings is 1. The van der Waals surface area contributed by atoms with E-state index in [1.165, 1.54) is 12.1 Å². The number of aliphatic hydroxyl groups excluding tert-OH is 1. The third kappa shape index (κ3) is 6.96. The highest BCUT2D eigenvalue weighted by molar-refractivity contribution is 5.92. The fourth-order valence-electron chi connectivity index (χ4n) is 4.14. The fourth-order valence-corrected chi connectivity index (χ4v) is 4.14. The van der Waals surface area contributed by atoms with Crippen LogP contribution >= 0.6 is 0 Å². The van der Waals surface area contributed by atoms with Crippen molar-refractivity contribution in [2.24, 2.45) is 0 Å². The van der Waals surface area contributed by atoms with Crippen LogP contribution < -0.4 is 16.4 Å². The molecular weight excluding hydrogens is 480 g/mol. The number of hydrogen-bond donors (Lipinski definition) is 5. The first-order valence-electron chi connectivity index (χ1n) is 12.2. The zero-order valence-electron chi connectivity index (χ0n) is 20.7. The normalized spacial score (nSPS) is 12.3. The summed E-state index contributed by atoms with van der Waals surface area (Å²) < 4.78 is 0. The molecule has 0 spiro atoms. The molecule has 0 bridgehead atoms. The first kappa shape index (κ1) is 26.4. The molecule has 38 heavy (non-hydrogen) atoms. The van der Waals surface area contributed by atoms with Gasteiger partial charge in [0.1, 0.15) is 17.6 Å². The number of nitrogens with two attached hydrogens (primary N) is 1. The van der Waals surface area contributed by atoms with Crippen molar-refractivity contribution in [1.29, 1.82) is 0 Å². The highest BCUT2D eigenvalue weighted by atomic mass is 16.3. The van der Waals surface area contributed by atoms with Crippen molar-refractivity contribution >= 4 is 17.6 Å². The first-order chi connectivity index (χ1) is 18.4. The van der Waals surface area contributed by atoms with E-state index in [1.807, 2.05) is 42.5 Å². The number of carbonyl (C=O) groups excluding carboxylic acids is 2. The average molecular weight is 511 g/mol. The number of aromatic nitrogens is 1. The topological polar surface area (TPSA) is 138 Å². The number of phenols is 1. The highest BCUT2D eigenvalue weighted by Gasteiger charge is 2.28. The molecule has 0 fully saturated rings. The van der Waals surface area contributed by atoms with Crippen LogP contribution in [0.2, 0.25) is 0 Å². The second kappa shape index (κ2) is 12.5. The molecule has 2 unspecified atom stereocenters. The van der Waals surface area contributed by atoms with E-state index in [4.69, 9.17) is 5.73 Å². The molecule has 0 radical (unpaired) electrons. The number of benzene rings is 3. The van der Waals surface area contributed by atoms with Gasteiger partial charge in [-0.1, -0.05) is 72.8 Å². The van der Waals surface area contributed by atoms with Crippen molar-refractivity contribution < 1.29 is 19.8 Å². The number of rotatable bonds is 10. The summed E-state index contributed by atoms with van der Waals surface area (Å²) in [5, 5.41) is 24.8. The van der Waals surface area contributed by atoms with Crippen molar-refractivity contribution in [3.63, 3.8) is 0 Å². The van der Waals surface area contributed by atoms with Gasteiger partial charge in [0.25, 0.3) is 0 Å². The molecule has 0 aliphatic heterocycles. The van der Waals surface area contributed by atoms with Gasteiger partial charge in [-0.15, -0.1) is 0 Å². The van der Waals surface area contributed by atoms with Crippen LogP contribution in [0.25, 0.3) is 0 Å². The van der Waals surface area contributed by atoms with E-state index in [0.717, 1.165) is 22.3 Å². The number of anilines is 1. The number of aliphatic hydroxyl groups is 1. The Kier molecular flexibility index (Phi) is 8.69. The molecular formula is C30H30N4O4. The summed E-state index contributed by atoms with van der Waals surface area (Å²) in [6, 6.07) is 25.5. The van der Waals surface area contributed by atoms with E-state index in [0.29, 0.717) is 11.4 Å². The number of carbonyl (C=O) groups is 2. The molecule has 2 atom stereocenters. The lowest BCUT2D eigenvalue weighted by molar-refractivity contribution is -0.129. The number of nitrogens with one attached hydrogen (secondary N) is 2. The van der Waals surface area contributed by atoms with E-state index in [9.17, 15) is 19.8 Å². The van der Waals surface area contributed by atoms with Gasteiger partial charge in [-0.3, -0.25) is 9.59 Å². The number of phenolic OH excluding ortho intramolecular Hbond substituents is 1. The van der Waals surface area contributed by atoms with E-state index in [1.54, 1.807) is 42.6 Å². The number of hydrogen-bond acceptors (Lipinski definition) is 6. The molecule has 2 amide bonds. The zero-order valence-corrected chi connectivity index (χ0v) is 20.7. The van der Waals surface area contributed by atoms with Gasteiger partial charge in [-0.2, -0.15) is 0 Å². The van der Waals surface area contributed by atoms with E-state index < -0.39 is 12.0 Å². The summed E-state index contributed by atoms with van der Waals surface area (Å²) in [5.74, 6) is -0.929. The number of amides is 2. The van der Waals surface area contributed by atoms with Crippen LogP contribution in [0.3, 0.4) is 0 Å². The molecule has 0 aliphatic rings. The van der Waals surface area contributed by atoms with Crippen molar-refractivity contribution in [3.8, 4) is 5.75 Å². The number of nitrogen functional groups attached to an aromatic ring is 1. The molecule has 6 N–H and O–H groups in total. The van der Waals surface area contributed by atoms with Gasteiger partial charge in [0, 0.05) is 19.2 Å². The Morgan fingerprint density at radius 3 is 2.05 bits per heavy atom. The van der Waals surface area contributed by atoms with Crippen LogP contribution in [0.4, 0.5) is 5.82 Å². The zero-order chi connectivity index (χ0) is 26.9. The maximum atomic E-state index is 13.7. The van der Waals surface area contributed by atoms with Crippen LogP contribution in [-0.2, 0) is 29.2 Å². The number of aromatic hydroxyl groups is 1. The highest BCUT2D eigenvalue weighted by Crippen LogP contribution is 2.27. The Bertz CT molecular complexity index is 1340. The summed E-state index contributed by atoms with van der Waals surface area (Å²) >= 11 is 0. The lowest BCUT2D eigenvalue weighted by Gasteiger charge is -2.23. The molecule has 4 rings (SSSR count). The molecule has 4 aromatic rings. The lowest BCUT2D eigenvalue weighted by Crippen LogP contribution is -2.49. The SMILES string of the molecule is Nc1ccc(CC(NC(=O)C(c2ccccc2)c2ccc(O)cc2)C(=O)NCc2ccc(CO)cc2)cn1. The summed E-state index contributed by atoms with van der Waals surface area (Å²) in [5.41, 5.74) is 9.54. The summed E-state index contributed by atoms with van der Waals surface area (Å²) in [6.07, 6.45) is 1.80. The average Bonchev–Trinajstić information content (AvgIpc) is 2.94. The van der Waals surface area contributed by atoms with Gasteiger partial charge in [-0.05, 0) is 46.0 Å². The summed E-state index contributed by atoms with van der Waals surface area (Å²) in [7, 11) is 0. The van der Waals surface area contributed by atoms with E-state index >= 15 is 0 Å². The molecule has 8 nitrogen and oxygen atoms in total. The Morgan fingerprint density at radius 2 is 1.42 bits per heavy atom. The standard InChI is InChI=1S/C30H30N4O4/c31-27-15-10-22(18-32-27)16-26(29(37)33-17-20-6-8-21(19-35)9-7-20)34-30(38)28(23-4-2-1-3-5-23)24-11-13-25(36)14-12-24/h1-15,18,26,28,35-36H,16-17,19H2,(H2,31,32)(H,33,37)(H,34,38). The predicted octanol–water partition coefficient (Wildman–Crippen LogP) is 3.04. The Labute approximate surface area is 221 Å². The van der Waals surface area contributed by atoms with Gasteiger partial charge < -0.3 is 26.6 Å². The maximum absolute atomic E-state index is 13.7. The van der Waals surface area contributed by atoms with Crippen molar-refractivity contribution in [3.05, 3.63) is 125 Å². The molecule has 1 heterocycles. The fraction of sp³-hybridized carbons (Fsp3) is 0.167. The predicted molar refractivity (Wildman–Crippen MR) is 145 cm³/mol.